The number of para-hydroxylation sites is 1. The molecular weight excluding hydrogens is 386 g/mol. The van der Waals surface area contributed by atoms with Crippen LogP contribution in [0.25, 0.3) is 10.9 Å². The Morgan fingerprint density at radius 1 is 1.03 bits per heavy atom. The van der Waals surface area contributed by atoms with E-state index in [1.165, 1.54) is 0 Å². The van der Waals surface area contributed by atoms with E-state index in [0.29, 0.717) is 11.7 Å². The average Bonchev–Trinajstić information content (AvgIpc) is 3.19. The second kappa shape index (κ2) is 10.8. The maximum absolute atomic E-state index is 12.7. The van der Waals surface area contributed by atoms with Gasteiger partial charge in [0, 0.05) is 50.3 Å². The van der Waals surface area contributed by atoms with E-state index in [9.17, 15) is 4.79 Å². The Morgan fingerprint density at radius 2 is 1.77 bits per heavy atom. The average molecular weight is 422 g/mol. The molecule has 6 nitrogen and oxygen atoms in total. The molecule has 0 spiro atoms. The Balaban J connectivity index is 1.38. The fourth-order valence-electron chi connectivity index (χ4n) is 3.78. The third-order valence-corrected chi connectivity index (χ3v) is 5.44. The summed E-state index contributed by atoms with van der Waals surface area (Å²) in [6, 6.07) is 14.3. The van der Waals surface area contributed by atoms with Crippen LogP contribution >= 0.6 is 0 Å². The van der Waals surface area contributed by atoms with E-state index in [-0.39, 0.29) is 5.91 Å². The van der Waals surface area contributed by atoms with E-state index < -0.39 is 0 Å². The van der Waals surface area contributed by atoms with E-state index in [2.05, 4.69) is 47.1 Å². The maximum atomic E-state index is 12.7. The van der Waals surface area contributed by atoms with Crippen molar-refractivity contribution in [3.63, 3.8) is 0 Å². The van der Waals surface area contributed by atoms with Crippen molar-refractivity contribution in [2.24, 2.45) is 0 Å². The third kappa shape index (κ3) is 6.23. The standard InChI is InChI=1S/C25H35N5O/c1-19(2)27-22-14-11-15-26-24(22)29(3)16-9-5-6-10-17-30(4)25(31)23-18-20-12-7-8-13-21(20)28-23/h7-8,11-15,18-19,27-28H,5-6,9-10,16-17H2,1-4H3. The highest BCUT2D eigenvalue weighted by molar-refractivity contribution is 5.97. The van der Waals surface area contributed by atoms with Crippen molar-refractivity contribution in [1.82, 2.24) is 14.9 Å². The molecule has 0 radical (unpaired) electrons. The van der Waals surface area contributed by atoms with Gasteiger partial charge in [-0.15, -0.1) is 0 Å². The van der Waals surface area contributed by atoms with E-state index in [4.69, 9.17) is 0 Å². The third-order valence-electron chi connectivity index (χ3n) is 5.44. The number of carbonyl (C=O) groups is 1. The fraction of sp³-hybridized carbons (Fsp3) is 0.440. The highest BCUT2D eigenvalue weighted by atomic mass is 16.2. The Bertz CT molecular complexity index is 948. The second-order valence-corrected chi connectivity index (χ2v) is 8.51. The van der Waals surface area contributed by atoms with Crippen molar-refractivity contribution in [2.45, 2.75) is 45.6 Å². The summed E-state index contributed by atoms with van der Waals surface area (Å²) in [7, 11) is 3.98. The molecule has 2 aromatic heterocycles. The van der Waals surface area contributed by atoms with Gasteiger partial charge in [-0.05, 0) is 51.0 Å². The van der Waals surface area contributed by atoms with Crippen LogP contribution in [0.5, 0.6) is 0 Å². The van der Waals surface area contributed by atoms with Gasteiger partial charge in [-0.2, -0.15) is 0 Å². The van der Waals surface area contributed by atoms with Crippen LogP contribution in [0, 0.1) is 0 Å². The number of benzene rings is 1. The molecule has 0 fully saturated rings. The predicted molar refractivity (Wildman–Crippen MR) is 130 cm³/mol. The van der Waals surface area contributed by atoms with Crippen molar-refractivity contribution >= 4 is 28.3 Å². The van der Waals surface area contributed by atoms with Crippen molar-refractivity contribution in [1.29, 1.82) is 0 Å². The summed E-state index contributed by atoms with van der Waals surface area (Å²) in [6.45, 7) is 6.01. The zero-order valence-corrected chi connectivity index (χ0v) is 19.2. The summed E-state index contributed by atoms with van der Waals surface area (Å²) in [6.07, 6.45) is 6.21. The van der Waals surface area contributed by atoms with E-state index in [1.807, 2.05) is 54.5 Å². The largest absolute Gasteiger partial charge is 0.380 e. The maximum Gasteiger partial charge on any atom is 0.270 e. The first kappa shape index (κ1) is 22.7. The number of hydrogen-bond acceptors (Lipinski definition) is 4. The molecule has 3 rings (SSSR count). The number of aromatic nitrogens is 2. The molecule has 0 atom stereocenters. The number of amides is 1. The number of H-pyrrole nitrogens is 1. The van der Waals surface area contributed by atoms with Crippen LogP contribution in [0.15, 0.2) is 48.7 Å². The number of nitrogens with zero attached hydrogens (tertiary/aromatic N) is 3. The second-order valence-electron chi connectivity index (χ2n) is 8.51. The summed E-state index contributed by atoms with van der Waals surface area (Å²) >= 11 is 0. The zero-order chi connectivity index (χ0) is 22.2. The van der Waals surface area contributed by atoms with Gasteiger partial charge in [0.25, 0.3) is 5.91 Å². The van der Waals surface area contributed by atoms with Crippen LogP contribution in [-0.2, 0) is 0 Å². The van der Waals surface area contributed by atoms with E-state index >= 15 is 0 Å². The number of anilines is 2. The summed E-state index contributed by atoms with van der Waals surface area (Å²) in [5, 5.41) is 4.54. The molecular formula is C25H35N5O. The number of hydrogen-bond donors (Lipinski definition) is 2. The molecule has 0 aliphatic heterocycles. The molecule has 0 unspecified atom stereocenters. The van der Waals surface area contributed by atoms with Gasteiger partial charge in [0.2, 0.25) is 0 Å². The van der Waals surface area contributed by atoms with Crippen molar-refractivity contribution in [3.05, 3.63) is 54.4 Å². The van der Waals surface area contributed by atoms with E-state index in [0.717, 1.165) is 61.2 Å². The Labute approximate surface area is 185 Å². The molecule has 2 heterocycles. The number of nitrogens with one attached hydrogen (secondary N) is 2. The first-order valence-electron chi connectivity index (χ1n) is 11.2. The van der Waals surface area contributed by atoms with Crippen molar-refractivity contribution < 1.29 is 4.79 Å². The number of aromatic amines is 1. The van der Waals surface area contributed by atoms with Crippen molar-refractivity contribution in [2.75, 3.05) is 37.4 Å². The number of carbonyl (C=O) groups excluding carboxylic acids is 1. The lowest BCUT2D eigenvalue weighted by Crippen LogP contribution is -2.28. The van der Waals surface area contributed by atoms with Crippen LogP contribution < -0.4 is 10.2 Å². The fourth-order valence-corrected chi connectivity index (χ4v) is 3.78. The SMILES string of the molecule is CC(C)Nc1cccnc1N(C)CCCCCCN(C)C(=O)c1cc2ccccc2[nH]1. The Morgan fingerprint density at radius 3 is 2.52 bits per heavy atom. The summed E-state index contributed by atoms with van der Waals surface area (Å²) in [4.78, 5) is 24.5. The van der Waals surface area contributed by atoms with Gasteiger partial charge in [-0.25, -0.2) is 4.98 Å². The number of fused-ring (bicyclic) bond motifs is 1. The van der Waals surface area contributed by atoms with E-state index in [1.54, 1.807) is 0 Å². The summed E-state index contributed by atoms with van der Waals surface area (Å²) in [5.74, 6) is 1.05. The molecule has 0 aliphatic carbocycles. The Kier molecular flexibility index (Phi) is 7.93. The van der Waals surface area contributed by atoms with Gasteiger partial charge in [0.15, 0.2) is 5.82 Å². The molecule has 1 aromatic carbocycles. The molecule has 0 aliphatic rings. The monoisotopic (exact) mass is 421 g/mol. The molecule has 166 valence electrons. The highest BCUT2D eigenvalue weighted by Crippen LogP contribution is 2.23. The summed E-state index contributed by atoms with van der Waals surface area (Å²) < 4.78 is 0. The van der Waals surface area contributed by atoms with Gasteiger partial charge < -0.3 is 20.1 Å². The van der Waals surface area contributed by atoms with Gasteiger partial charge in [-0.1, -0.05) is 31.0 Å². The molecule has 0 saturated heterocycles. The number of rotatable bonds is 11. The molecule has 3 aromatic rings. The first-order chi connectivity index (χ1) is 15.0. The summed E-state index contributed by atoms with van der Waals surface area (Å²) in [5.41, 5.74) is 2.74. The van der Waals surface area contributed by atoms with Crippen LogP contribution in [0.3, 0.4) is 0 Å². The minimum absolute atomic E-state index is 0.0521. The predicted octanol–water partition coefficient (Wildman–Crippen LogP) is 5.15. The lowest BCUT2D eigenvalue weighted by atomic mass is 10.1. The van der Waals surface area contributed by atoms with Crippen LogP contribution in [0.2, 0.25) is 0 Å². The number of unbranched alkanes of at least 4 members (excludes halogenated alkanes) is 3. The van der Waals surface area contributed by atoms with Gasteiger partial charge in [0.05, 0.1) is 5.69 Å². The smallest absolute Gasteiger partial charge is 0.270 e. The minimum atomic E-state index is 0.0521. The lowest BCUT2D eigenvalue weighted by Gasteiger charge is -2.22. The van der Waals surface area contributed by atoms with Crippen LogP contribution in [0.1, 0.15) is 50.0 Å². The molecule has 0 bridgehead atoms. The minimum Gasteiger partial charge on any atom is -0.380 e. The quantitative estimate of drug-likeness (QED) is 0.420. The van der Waals surface area contributed by atoms with Gasteiger partial charge in [0.1, 0.15) is 5.69 Å². The molecule has 6 heteroatoms. The molecule has 31 heavy (non-hydrogen) atoms. The molecule has 1 amide bonds. The number of pyridine rings is 1. The Hall–Kier alpha value is -3.02. The topological polar surface area (TPSA) is 64.3 Å². The normalized spacial score (nSPS) is 11.1. The van der Waals surface area contributed by atoms with Crippen LogP contribution in [-0.4, -0.2) is 54.0 Å². The first-order valence-corrected chi connectivity index (χ1v) is 11.2. The molecule has 0 saturated carbocycles. The zero-order valence-electron chi connectivity index (χ0n) is 19.2. The van der Waals surface area contributed by atoms with Crippen molar-refractivity contribution in [3.8, 4) is 0 Å². The highest BCUT2D eigenvalue weighted by Gasteiger charge is 2.14. The molecule has 2 N–H and O–H groups in total. The van der Waals surface area contributed by atoms with Crippen LogP contribution in [0.4, 0.5) is 11.5 Å². The van der Waals surface area contributed by atoms with Gasteiger partial charge >= 0.3 is 0 Å². The van der Waals surface area contributed by atoms with Gasteiger partial charge in [-0.3, -0.25) is 4.79 Å². The lowest BCUT2D eigenvalue weighted by molar-refractivity contribution is 0.0787.